The van der Waals surface area contributed by atoms with Gasteiger partial charge in [0.25, 0.3) is 0 Å². The molecule has 0 saturated carbocycles. The number of hydrogen-bond acceptors (Lipinski definition) is 5. The minimum absolute atomic E-state index is 0.133. The molecule has 3 aromatic rings. The average Bonchev–Trinajstić information content (AvgIpc) is 2.98. The van der Waals surface area contributed by atoms with Crippen LogP contribution in [0, 0.1) is 17.6 Å². The van der Waals surface area contributed by atoms with Crippen molar-refractivity contribution in [2.75, 3.05) is 18.4 Å². The summed E-state index contributed by atoms with van der Waals surface area (Å²) < 4.78 is 29.7. The Balaban J connectivity index is 1.54. The molecule has 0 amide bonds. The van der Waals surface area contributed by atoms with E-state index in [1.807, 2.05) is 10.9 Å². The first-order valence-electron chi connectivity index (χ1n) is 7.96. The summed E-state index contributed by atoms with van der Waals surface area (Å²) in [5, 5.41) is 18.3. The van der Waals surface area contributed by atoms with E-state index in [9.17, 15) is 8.78 Å². The van der Waals surface area contributed by atoms with Gasteiger partial charge in [-0.3, -0.25) is 4.68 Å². The number of benzene rings is 1. The first kappa shape index (κ1) is 15.6. The Kier molecular flexibility index (Phi) is 4.10. The van der Waals surface area contributed by atoms with E-state index < -0.39 is 11.6 Å². The van der Waals surface area contributed by atoms with E-state index >= 15 is 0 Å². The predicted molar refractivity (Wildman–Crippen MR) is 89.3 cm³/mol. The van der Waals surface area contributed by atoms with Crippen LogP contribution in [0.15, 0.2) is 42.9 Å². The number of aromatic nitrogens is 4. The van der Waals surface area contributed by atoms with E-state index in [1.165, 1.54) is 24.4 Å². The van der Waals surface area contributed by atoms with Gasteiger partial charge in [-0.1, -0.05) is 6.07 Å². The van der Waals surface area contributed by atoms with E-state index in [-0.39, 0.29) is 11.3 Å². The normalized spacial score (nSPS) is 14.3. The van der Waals surface area contributed by atoms with E-state index in [0.717, 1.165) is 25.3 Å². The molecule has 4 rings (SSSR count). The van der Waals surface area contributed by atoms with E-state index in [1.54, 1.807) is 12.3 Å². The molecule has 1 aliphatic heterocycles. The van der Waals surface area contributed by atoms with Gasteiger partial charge in [-0.05, 0) is 18.2 Å². The van der Waals surface area contributed by atoms with Gasteiger partial charge in [-0.25, -0.2) is 8.78 Å². The molecule has 1 saturated heterocycles. The van der Waals surface area contributed by atoms with Crippen molar-refractivity contribution in [3.63, 3.8) is 0 Å². The van der Waals surface area contributed by atoms with Crippen molar-refractivity contribution in [1.29, 1.82) is 0 Å². The number of anilines is 2. The highest BCUT2D eigenvalue weighted by molar-refractivity contribution is 5.67. The molecule has 6 nitrogen and oxygen atoms in total. The second-order valence-electron chi connectivity index (χ2n) is 6.03. The molecule has 0 bridgehead atoms. The van der Waals surface area contributed by atoms with Gasteiger partial charge in [0.1, 0.15) is 17.3 Å². The van der Waals surface area contributed by atoms with Crippen LogP contribution in [0.2, 0.25) is 0 Å². The second kappa shape index (κ2) is 6.56. The SMILES string of the molecule is Fc1cccc(F)c1-c1cc(Nc2cnn(CC3CNC3)c2)cnn1. The highest BCUT2D eigenvalue weighted by Gasteiger charge is 2.17. The Morgan fingerprint density at radius 1 is 1.16 bits per heavy atom. The van der Waals surface area contributed by atoms with Crippen LogP contribution in [-0.2, 0) is 6.54 Å². The number of halogens is 2. The first-order valence-corrected chi connectivity index (χ1v) is 7.96. The second-order valence-corrected chi connectivity index (χ2v) is 6.03. The smallest absolute Gasteiger partial charge is 0.135 e. The third kappa shape index (κ3) is 3.34. The van der Waals surface area contributed by atoms with Gasteiger partial charge >= 0.3 is 0 Å². The van der Waals surface area contributed by atoms with Crippen molar-refractivity contribution in [3.8, 4) is 11.3 Å². The van der Waals surface area contributed by atoms with Gasteiger partial charge in [0.2, 0.25) is 0 Å². The maximum Gasteiger partial charge on any atom is 0.135 e. The maximum absolute atomic E-state index is 13.9. The van der Waals surface area contributed by atoms with Gasteiger partial charge in [0.05, 0.1) is 29.3 Å². The Bertz CT molecular complexity index is 870. The largest absolute Gasteiger partial charge is 0.352 e. The lowest BCUT2D eigenvalue weighted by atomic mass is 10.0. The Hall–Kier alpha value is -2.87. The molecule has 1 aliphatic rings. The van der Waals surface area contributed by atoms with Crippen LogP contribution in [0.4, 0.5) is 20.2 Å². The van der Waals surface area contributed by atoms with Gasteiger partial charge in [-0.2, -0.15) is 15.3 Å². The van der Waals surface area contributed by atoms with Crippen LogP contribution in [0.25, 0.3) is 11.3 Å². The standard InChI is InChI=1S/C17H16F2N6/c18-14-2-1-3-15(19)17(14)16-4-12(7-21-24-16)23-13-8-22-25(10-13)9-11-5-20-6-11/h1-4,7-8,10-11,20H,5-6,9H2,(H,23,24). The highest BCUT2D eigenvalue weighted by Crippen LogP contribution is 2.26. The molecule has 8 heteroatoms. The van der Waals surface area contributed by atoms with Crippen LogP contribution in [0.5, 0.6) is 0 Å². The quantitative estimate of drug-likeness (QED) is 0.746. The molecule has 1 aromatic carbocycles. The molecule has 2 aromatic heterocycles. The number of nitrogens with one attached hydrogen (secondary N) is 2. The highest BCUT2D eigenvalue weighted by atomic mass is 19.1. The number of nitrogens with zero attached hydrogens (tertiary/aromatic N) is 4. The fourth-order valence-corrected chi connectivity index (χ4v) is 2.74. The summed E-state index contributed by atoms with van der Waals surface area (Å²) in [6.07, 6.45) is 5.09. The fourth-order valence-electron chi connectivity index (χ4n) is 2.74. The summed E-state index contributed by atoms with van der Waals surface area (Å²) >= 11 is 0. The van der Waals surface area contributed by atoms with Crippen molar-refractivity contribution in [2.45, 2.75) is 6.54 Å². The monoisotopic (exact) mass is 342 g/mol. The molecule has 2 N–H and O–H groups in total. The van der Waals surface area contributed by atoms with Crippen molar-refractivity contribution in [2.24, 2.45) is 5.92 Å². The third-order valence-electron chi connectivity index (χ3n) is 4.11. The molecule has 0 spiro atoms. The molecule has 1 fully saturated rings. The zero-order valence-electron chi connectivity index (χ0n) is 13.3. The van der Waals surface area contributed by atoms with Crippen molar-refractivity contribution >= 4 is 11.4 Å². The average molecular weight is 342 g/mol. The predicted octanol–water partition coefficient (Wildman–Crippen LogP) is 2.58. The van der Waals surface area contributed by atoms with Gasteiger partial charge in [0.15, 0.2) is 0 Å². The topological polar surface area (TPSA) is 67.7 Å². The van der Waals surface area contributed by atoms with Gasteiger partial charge in [0, 0.05) is 31.7 Å². The molecule has 0 unspecified atom stereocenters. The Labute approximate surface area is 142 Å². The molecular formula is C17H16F2N6. The molecular weight excluding hydrogens is 326 g/mol. The Morgan fingerprint density at radius 2 is 1.96 bits per heavy atom. The van der Waals surface area contributed by atoms with Crippen LogP contribution in [0.1, 0.15) is 0 Å². The molecule has 0 atom stereocenters. The summed E-state index contributed by atoms with van der Waals surface area (Å²) in [5.74, 6) is -0.743. The molecule has 0 radical (unpaired) electrons. The molecule has 25 heavy (non-hydrogen) atoms. The van der Waals surface area contributed by atoms with Crippen LogP contribution in [0.3, 0.4) is 0 Å². The Morgan fingerprint density at radius 3 is 2.68 bits per heavy atom. The lowest BCUT2D eigenvalue weighted by Crippen LogP contribution is -2.44. The van der Waals surface area contributed by atoms with Crippen LogP contribution in [-0.4, -0.2) is 33.1 Å². The van der Waals surface area contributed by atoms with Gasteiger partial charge < -0.3 is 10.6 Å². The summed E-state index contributed by atoms with van der Waals surface area (Å²) in [4.78, 5) is 0. The molecule has 0 aliphatic carbocycles. The maximum atomic E-state index is 13.9. The summed E-state index contributed by atoms with van der Waals surface area (Å²) in [6.45, 7) is 2.87. The molecule has 128 valence electrons. The van der Waals surface area contributed by atoms with Crippen molar-refractivity contribution in [3.05, 3.63) is 54.5 Å². The van der Waals surface area contributed by atoms with Crippen LogP contribution < -0.4 is 10.6 Å². The number of hydrogen-bond donors (Lipinski definition) is 2. The lowest BCUT2D eigenvalue weighted by Gasteiger charge is -2.26. The van der Waals surface area contributed by atoms with Crippen LogP contribution >= 0.6 is 0 Å². The zero-order valence-corrected chi connectivity index (χ0v) is 13.3. The number of rotatable bonds is 5. The van der Waals surface area contributed by atoms with Gasteiger partial charge in [-0.15, -0.1) is 0 Å². The fraction of sp³-hybridized carbons (Fsp3) is 0.235. The molecule has 3 heterocycles. The first-order chi connectivity index (χ1) is 12.2. The minimum Gasteiger partial charge on any atom is -0.352 e. The van der Waals surface area contributed by atoms with Crippen molar-refractivity contribution < 1.29 is 8.78 Å². The van der Waals surface area contributed by atoms with E-state index in [0.29, 0.717) is 11.6 Å². The third-order valence-corrected chi connectivity index (χ3v) is 4.11. The summed E-state index contributed by atoms with van der Waals surface area (Å²) in [7, 11) is 0. The van der Waals surface area contributed by atoms with E-state index in [4.69, 9.17) is 0 Å². The van der Waals surface area contributed by atoms with Crippen molar-refractivity contribution in [1.82, 2.24) is 25.3 Å². The summed E-state index contributed by atoms with van der Waals surface area (Å²) in [6, 6.07) is 5.26. The summed E-state index contributed by atoms with van der Waals surface area (Å²) in [5.41, 5.74) is 1.30. The minimum atomic E-state index is -0.673. The zero-order chi connectivity index (χ0) is 17.2. The lowest BCUT2D eigenvalue weighted by molar-refractivity contribution is 0.295. The van der Waals surface area contributed by atoms with E-state index in [2.05, 4.69) is 25.9 Å².